The normalized spacial score (nSPS) is 11.5. The monoisotopic (exact) mass is 253 g/mol. The first-order valence-electron chi connectivity index (χ1n) is 6.22. The number of rotatable bonds is 7. The molecular weight excluding hydrogens is 233 g/mol. The summed E-state index contributed by atoms with van der Waals surface area (Å²) in [6, 6.07) is 6.31. The minimum atomic E-state index is -0.778. The van der Waals surface area contributed by atoms with E-state index >= 15 is 0 Å². The molecule has 0 atom stereocenters. The molecule has 0 amide bonds. The van der Waals surface area contributed by atoms with Gasteiger partial charge in [-0.05, 0) is 30.5 Å². The van der Waals surface area contributed by atoms with Gasteiger partial charge in [-0.15, -0.1) is 0 Å². The molecule has 1 aromatic rings. The van der Waals surface area contributed by atoms with Gasteiger partial charge in [0.25, 0.3) is 0 Å². The number of hydrogen-bond acceptors (Lipinski definition) is 2. The standard InChI is InChI=1S/C14H20FNO2/c1-3-14(4-2,13(17)18)10-16-9-11-6-5-7-12(15)8-11/h5-8,16H,3-4,9-10H2,1-2H3,(H,17,18). The van der Waals surface area contributed by atoms with Crippen molar-refractivity contribution in [2.24, 2.45) is 5.41 Å². The van der Waals surface area contributed by atoms with E-state index in [2.05, 4.69) is 5.32 Å². The largest absolute Gasteiger partial charge is 0.481 e. The van der Waals surface area contributed by atoms with E-state index in [1.807, 2.05) is 19.9 Å². The average Bonchev–Trinajstić information content (AvgIpc) is 2.35. The van der Waals surface area contributed by atoms with Gasteiger partial charge in [0.05, 0.1) is 5.41 Å². The zero-order valence-electron chi connectivity index (χ0n) is 10.9. The lowest BCUT2D eigenvalue weighted by molar-refractivity contribution is -0.149. The number of carboxylic acid groups (broad SMARTS) is 1. The highest BCUT2D eigenvalue weighted by Crippen LogP contribution is 2.25. The number of carboxylic acids is 1. The molecule has 0 fully saturated rings. The van der Waals surface area contributed by atoms with E-state index in [9.17, 15) is 14.3 Å². The smallest absolute Gasteiger partial charge is 0.310 e. The molecule has 18 heavy (non-hydrogen) atoms. The molecule has 0 aliphatic rings. The molecule has 3 nitrogen and oxygen atoms in total. The zero-order valence-corrected chi connectivity index (χ0v) is 10.9. The molecule has 0 bridgehead atoms. The molecule has 0 aliphatic carbocycles. The Hall–Kier alpha value is -1.42. The van der Waals surface area contributed by atoms with Crippen LogP contribution in [0.15, 0.2) is 24.3 Å². The van der Waals surface area contributed by atoms with Crippen LogP contribution in [0.5, 0.6) is 0 Å². The topological polar surface area (TPSA) is 49.3 Å². The van der Waals surface area contributed by atoms with E-state index in [1.165, 1.54) is 12.1 Å². The van der Waals surface area contributed by atoms with E-state index in [4.69, 9.17) is 0 Å². The van der Waals surface area contributed by atoms with Crippen molar-refractivity contribution in [1.29, 1.82) is 0 Å². The summed E-state index contributed by atoms with van der Waals surface area (Å²) < 4.78 is 13.0. The van der Waals surface area contributed by atoms with Crippen LogP contribution in [0.25, 0.3) is 0 Å². The molecule has 2 N–H and O–H groups in total. The maximum atomic E-state index is 13.0. The van der Waals surface area contributed by atoms with Crippen LogP contribution in [0.1, 0.15) is 32.3 Å². The van der Waals surface area contributed by atoms with E-state index in [0.717, 1.165) is 5.56 Å². The molecule has 1 rings (SSSR count). The van der Waals surface area contributed by atoms with Gasteiger partial charge < -0.3 is 10.4 Å². The van der Waals surface area contributed by atoms with Crippen LogP contribution in [0, 0.1) is 11.2 Å². The van der Waals surface area contributed by atoms with Crippen LogP contribution in [0.3, 0.4) is 0 Å². The summed E-state index contributed by atoms with van der Waals surface area (Å²) in [4.78, 5) is 11.3. The molecule has 0 aromatic heterocycles. The summed E-state index contributed by atoms with van der Waals surface area (Å²) in [7, 11) is 0. The summed E-state index contributed by atoms with van der Waals surface area (Å²) in [5, 5.41) is 12.4. The van der Waals surface area contributed by atoms with Crippen molar-refractivity contribution in [3.63, 3.8) is 0 Å². The minimum Gasteiger partial charge on any atom is -0.481 e. The summed E-state index contributed by atoms with van der Waals surface area (Å²) in [6.45, 7) is 4.63. The molecule has 0 spiro atoms. The van der Waals surface area contributed by atoms with Crippen LogP contribution in [-0.2, 0) is 11.3 Å². The van der Waals surface area contributed by atoms with Gasteiger partial charge in [-0.25, -0.2) is 4.39 Å². The second kappa shape index (κ2) is 6.50. The first-order valence-corrected chi connectivity index (χ1v) is 6.22. The van der Waals surface area contributed by atoms with Gasteiger partial charge in [0.15, 0.2) is 0 Å². The van der Waals surface area contributed by atoms with Gasteiger partial charge >= 0.3 is 5.97 Å². The molecule has 0 saturated heterocycles. The van der Waals surface area contributed by atoms with Crippen molar-refractivity contribution in [3.8, 4) is 0 Å². The van der Waals surface area contributed by atoms with Crippen molar-refractivity contribution in [1.82, 2.24) is 5.32 Å². The summed E-state index contributed by atoms with van der Waals surface area (Å²) >= 11 is 0. The second-order valence-corrected chi connectivity index (χ2v) is 4.53. The summed E-state index contributed by atoms with van der Waals surface area (Å²) in [6.07, 6.45) is 1.16. The maximum absolute atomic E-state index is 13.0. The fraction of sp³-hybridized carbons (Fsp3) is 0.500. The Morgan fingerprint density at radius 3 is 2.56 bits per heavy atom. The van der Waals surface area contributed by atoms with E-state index in [0.29, 0.717) is 25.9 Å². The lowest BCUT2D eigenvalue weighted by Gasteiger charge is -2.27. The molecule has 0 heterocycles. The average molecular weight is 253 g/mol. The Labute approximate surface area is 107 Å². The molecule has 4 heteroatoms. The lowest BCUT2D eigenvalue weighted by atomic mass is 9.82. The molecule has 1 aromatic carbocycles. The van der Waals surface area contributed by atoms with E-state index in [-0.39, 0.29) is 5.82 Å². The zero-order chi connectivity index (χ0) is 13.6. The number of hydrogen-bond donors (Lipinski definition) is 2. The van der Waals surface area contributed by atoms with Gasteiger partial charge in [-0.2, -0.15) is 0 Å². The van der Waals surface area contributed by atoms with E-state index in [1.54, 1.807) is 6.07 Å². The van der Waals surface area contributed by atoms with Crippen LogP contribution in [0.4, 0.5) is 4.39 Å². The number of carbonyl (C=O) groups is 1. The van der Waals surface area contributed by atoms with Crippen LogP contribution >= 0.6 is 0 Å². The highest BCUT2D eigenvalue weighted by atomic mass is 19.1. The number of halogens is 1. The Balaban J connectivity index is 2.57. The van der Waals surface area contributed by atoms with Crippen molar-refractivity contribution in [2.75, 3.05) is 6.54 Å². The third-order valence-electron chi connectivity index (χ3n) is 3.49. The molecule has 0 aliphatic heterocycles. The van der Waals surface area contributed by atoms with Crippen molar-refractivity contribution in [3.05, 3.63) is 35.6 Å². The molecule has 0 radical (unpaired) electrons. The van der Waals surface area contributed by atoms with Crippen LogP contribution < -0.4 is 5.32 Å². The first kappa shape index (κ1) is 14.6. The van der Waals surface area contributed by atoms with Gasteiger partial charge in [0.2, 0.25) is 0 Å². The Kier molecular flexibility index (Phi) is 5.28. The number of benzene rings is 1. The third-order valence-corrected chi connectivity index (χ3v) is 3.49. The summed E-state index contributed by atoms with van der Waals surface area (Å²) in [5.41, 5.74) is 0.0920. The highest BCUT2D eigenvalue weighted by molar-refractivity contribution is 5.74. The lowest BCUT2D eigenvalue weighted by Crippen LogP contribution is -2.40. The minimum absolute atomic E-state index is 0.273. The Bertz CT molecular complexity index is 403. The SMILES string of the molecule is CCC(CC)(CNCc1cccc(F)c1)C(=O)O. The Morgan fingerprint density at radius 2 is 2.06 bits per heavy atom. The highest BCUT2D eigenvalue weighted by Gasteiger charge is 2.34. The fourth-order valence-corrected chi connectivity index (χ4v) is 1.97. The quantitative estimate of drug-likeness (QED) is 0.785. The predicted octanol–water partition coefficient (Wildman–Crippen LogP) is 2.81. The second-order valence-electron chi connectivity index (χ2n) is 4.53. The van der Waals surface area contributed by atoms with Crippen LogP contribution in [0.2, 0.25) is 0 Å². The summed E-state index contributed by atoms with van der Waals surface area (Å²) in [5.74, 6) is -1.05. The number of aliphatic carboxylic acids is 1. The van der Waals surface area contributed by atoms with Crippen LogP contribution in [-0.4, -0.2) is 17.6 Å². The van der Waals surface area contributed by atoms with Gasteiger partial charge in [0, 0.05) is 13.1 Å². The van der Waals surface area contributed by atoms with Gasteiger partial charge in [-0.3, -0.25) is 4.79 Å². The molecule has 0 saturated carbocycles. The predicted molar refractivity (Wildman–Crippen MR) is 68.8 cm³/mol. The molecule has 100 valence electrons. The van der Waals surface area contributed by atoms with Crippen molar-refractivity contribution >= 4 is 5.97 Å². The van der Waals surface area contributed by atoms with Crippen molar-refractivity contribution < 1.29 is 14.3 Å². The van der Waals surface area contributed by atoms with Crippen molar-refractivity contribution in [2.45, 2.75) is 33.2 Å². The Morgan fingerprint density at radius 1 is 1.39 bits per heavy atom. The van der Waals surface area contributed by atoms with Gasteiger partial charge in [-0.1, -0.05) is 26.0 Å². The first-order chi connectivity index (χ1) is 8.54. The number of nitrogens with one attached hydrogen (secondary N) is 1. The third kappa shape index (κ3) is 3.53. The van der Waals surface area contributed by atoms with E-state index < -0.39 is 11.4 Å². The molecule has 0 unspecified atom stereocenters. The fourth-order valence-electron chi connectivity index (χ4n) is 1.97. The molecular formula is C14H20FNO2. The maximum Gasteiger partial charge on any atom is 0.310 e. The van der Waals surface area contributed by atoms with Gasteiger partial charge in [0.1, 0.15) is 5.82 Å².